The first-order chi connectivity index (χ1) is 14.3. The summed E-state index contributed by atoms with van der Waals surface area (Å²) < 4.78 is 5.20. The minimum Gasteiger partial charge on any atom is -0.451 e. The number of amides is 2. The number of nitriles is 1. The highest BCUT2D eigenvalue weighted by Gasteiger charge is 2.25. The number of rotatable bonds is 8. The molecule has 0 bridgehead atoms. The van der Waals surface area contributed by atoms with E-state index in [1.807, 2.05) is 32.0 Å². The summed E-state index contributed by atoms with van der Waals surface area (Å²) in [5.74, 6) is -1.56. The van der Waals surface area contributed by atoms with E-state index < -0.39 is 23.9 Å². The summed E-state index contributed by atoms with van der Waals surface area (Å²) >= 11 is 0. The van der Waals surface area contributed by atoms with E-state index >= 15 is 0 Å². The summed E-state index contributed by atoms with van der Waals surface area (Å²) in [5.41, 5.74) is 3.10. The van der Waals surface area contributed by atoms with Crippen molar-refractivity contribution in [1.82, 2.24) is 5.32 Å². The van der Waals surface area contributed by atoms with E-state index in [1.165, 1.54) is 11.8 Å². The zero-order valence-electron chi connectivity index (χ0n) is 17.3. The second kappa shape index (κ2) is 10.8. The normalized spacial score (nSPS) is 11.1. The average molecular weight is 407 g/mol. The van der Waals surface area contributed by atoms with Gasteiger partial charge in [-0.3, -0.25) is 14.4 Å². The molecular formula is C23H25N3O4. The fraction of sp³-hybridized carbons (Fsp3) is 0.304. The van der Waals surface area contributed by atoms with Crippen molar-refractivity contribution in [3.8, 4) is 6.07 Å². The molecule has 156 valence electrons. The van der Waals surface area contributed by atoms with Crippen molar-refractivity contribution in [2.75, 3.05) is 18.0 Å². The zero-order chi connectivity index (χ0) is 22.1. The topological polar surface area (TPSA) is 99.5 Å². The Kier molecular flexibility index (Phi) is 8.12. The Bertz CT molecular complexity index is 951. The Morgan fingerprint density at radius 2 is 1.80 bits per heavy atom. The maximum atomic E-state index is 12.8. The summed E-state index contributed by atoms with van der Waals surface area (Å²) in [6.45, 7) is 5.14. The number of hydrogen-bond acceptors (Lipinski definition) is 5. The number of nitrogens with zero attached hydrogens (tertiary/aromatic N) is 2. The molecule has 1 N–H and O–H groups in total. The third-order valence-corrected chi connectivity index (χ3v) is 4.60. The third kappa shape index (κ3) is 6.17. The monoisotopic (exact) mass is 407 g/mol. The van der Waals surface area contributed by atoms with Gasteiger partial charge in [0.05, 0.1) is 12.5 Å². The second-order valence-electron chi connectivity index (χ2n) is 6.85. The first kappa shape index (κ1) is 22.6. The van der Waals surface area contributed by atoms with E-state index in [1.54, 1.807) is 36.4 Å². The van der Waals surface area contributed by atoms with Crippen LogP contribution < -0.4 is 10.2 Å². The minimum atomic E-state index is -1.06. The Labute approximate surface area is 176 Å². The maximum Gasteiger partial charge on any atom is 0.326 e. The van der Waals surface area contributed by atoms with Crippen LogP contribution in [0.4, 0.5) is 5.69 Å². The van der Waals surface area contributed by atoms with Gasteiger partial charge in [0.15, 0.2) is 6.10 Å². The fourth-order valence-electron chi connectivity index (χ4n) is 2.78. The van der Waals surface area contributed by atoms with Gasteiger partial charge in [0.1, 0.15) is 6.54 Å². The molecule has 0 saturated heterocycles. The van der Waals surface area contributed by atoms with Crippen LogP contribution in [-0.4, -0.2) is 37.0 Å². The number of carbonyl (C=O) groups is 3. The van der Waals surface area contributed by atoms with Gasteiger partial charge in [-0.1, -0.05) is 24.3 Å². The van der Waals surface area contributed by atoms with Gasteiger partial charge in [0.25, 0.3) is 11.8 Å². The molecule has 7 nitrogen and oxygen atoms in total. The molecule has 0 aliphatic heterocycles. The van der Waals surface area contributed by atoms with Crippen LogP contribution in [0, 0.1) is 25.2 Å². The van der Waals surface area contributed by atoms with E-state index in [4.69, 9.17) is 10.00 Å². The smallest absolute Gasteiger partial charge is 0.326 e. The van der Waals surface area contributed by atoms with Crippen LogP contribution >= 0.6 is 0 Å². The average Bonchev–Trinajstić information content (AvgIpc) is 2.74. The van der Waals surface area contributed by atoms with Crippen molar-refractivity contribution in [2.24, 2.45) is 0 Å². The number of carbonyl (C=O) groups excluding carboxylic acids is 3. The van der Waals surface area contributed by atoms with Crippen LogP contribution in [0.25, 0.3) is 0 Å². The number of para-hydroxylation sites is 1. The highest BCUT2D eigenvalue weighted by Crippen LogP contribution is 2.16. The number of nitrogens with one attached hydrogen (secondary N) is 1. The molecule has 1 unspecified atom stereocenters. The molecule has 2 rings (SSSR count). The van der Waals surface area contributed by atoms with Gasteiger partial charge in [-0.05, 0) is 56.2 Å². The summed E-state index contributed by atoms with van der Waals surface area (Å²) in [5, 5.41) is 11.4. The molecule has 0 aliphatic rings. The van der Waals surface area contributed by atoms with Crippen LogP contribution in [0.2, 0.25) is 0 Å². The van der Waals surface area contributed by atoms with E-state index in [0.717, 1.165) is 11.1 Å². The summed E-state index contributed by atoms with van der Waals surface area (Å²) in [6.07, 6.45) is -0.914. The Morgan fingerprint density at radius 3 is 2.43 bits per heavy atom. The number of benzene rings is 2. The molecule has 7 heteroatoms. The molecule has 0 spiro atoms. The van der Waals surface area contributed by atoms with E-state index in [9.17, 15) is 14.4 Å². The van der Waals surface area contributed by atoms with E-state index in [-0.39, 0.29) is 19.5 Å². The van der Waals surface area contributed by atoms with Crippen LogP contribution in [0.1, 0.15) is 34.8 Å². The Balaban J connectivity index is 1.94. The predicted octanol–water partition coefficient (Wildman–Crippen LogP) is 2.91. The second-order valence-corrected chi connectivity index (χ2v) is 6.85. The van der Waals surface area contributed by atoms with Gasteiger partial charge in [-0.25, -0.2) is 0 Å². The lowest BCUT2D eigenvalue weighted by Gasteiger charge is -2.25. The zero-order valence-corrected chi connectivity index (χ0v) is 17.3. The van der Waals surface area contributed by atoms with Crippen molar-refractivity contribution in [3.63, 3.8) is 0 Å². The molecule has 2 amide bonds. The molecule has 0 aliphatic carbocycles. The molecule has 2 aromatic carbocycles. The van der Waals surface area contributed by atoms with Crippen molar-refractivity contribution in [1.29, 1.82) is 5.26 Å². The number of aryl methyl sites for hydroxylation is 2. The Morgan fingerprint density at radius 1 is 1.10 bits per heavy atom. The van der Waals surface area contributed by atoms with Gasteiger partial charge < -0.3 is 15.0 Å². The number of ether oxygens (including phenoxy) is 1. The number of esters is 1. The molecule has 1 atom stereocenters. The quantitative estimate of drug-likeness (QED) is 0.678. The minimum absolute atomic E-state index is 0.146. The molecular weight excluding hydrogens is 382 g/mol. The first-order valence-corrected chi connectivity index (χ1v) is 9.61. The fourth-order valence-corrected chi connectivity index (χ4v) is 2.78. The number of anilines is 1. The molecule has 2 aromatic rings. The maximum absolute atomic E-state index is 12.8. The lowest BCUT2D eigenvalue weighted by Crippen LogP contribution is -2.42. The van der Waals surface area contributed by atoms with Gasteiger partial charge in [0.2, 0.25) is 0 Å². The standard InChI is InChI=1S/C23H25N3O4/c1-16-10-11-19(14-17(16)2)22(28)25-15-21(27)30-18(3)23(29)26(13-7-12-24)20-8-5-4-6-9-20/h4-6,8-11,14,18H,7,13,15H2,1-3H3,(H,25,28). The van der Waals surface area contributed by atoms with Crippen LogP contribution in [0.15, 0.2) is 48.5 Å². The number of hydrogen-bond donors (Lipinski definition) is 1. The lowest BCUT2D eigenvalue weighted by atomic mass is 10.1. The SMILES string of the molecule is Cc1ccc(C(=O)NCC(=O)OC(C)C(=O)N(CCC#N)c2ccccc2)cc1C. The summed E-state index contributed by atoms with van der Waals surface area (Å²) in [4.78, 5) is 38.5. The lowest BCUT2D eigenvalue weighted by molar-refractivity contribution is -0.152. The molecule has 0 fully saturated rings. The molecule has 0 saturated carbocycles. The molecule has 0 heterocycles. The van der Waals surface area contributed by atoms with Crippen molar-refractivity contribution >= 4 is 23.5 Å². The van der Waals surface area contributed by atoms with Crippen molar-refractivity contribution < 1.29 is 19.1 Å². The van der Waals surface area contributed by atoms with Crippen molar-refractivity contribution in [3.05, 3.63) is 65.2 Å². The summed E-state index contributed by atoms with van der Waals surface area (Å²) in [7, 11) is 0. The molecule has 0 radical (unpaired) electrons. The van der Waals surface area contributed by atoms with Crippen LogP contribution in [-0.2, 0) is 14.3 Å². The molecule has 0 aromatic heterocycles. The third-order valence-electron chi connectivity index (χ3n) is 4.60. The van der Waals surface area contributed by atoms with Crippen molar-refractivity contribution in [2.45, 2.75) is 33.3 Å². The van der Waals surface area contributed by atoms with Gasteiger partial charge in [-0.2, -0.15) is 5.26 Å². The first-order valence-electron chi connectivity index (χ1n) is 9.61. The largest absolute Gasteiger partial charge is 0.451 e. The van der Waals surface area contributed by atoms with Crippen LogP contribution in [0.5, 0.6) is 0 Å². The molecule has 30 heavy (non-hydrogen) atoms. The van der Waals surface area contributed by atoms with E-state index in [2.05, 4.69) is 5.32 Å². The van der Waals surface area contributed by atoms with E-state index in [0.29, 0.717) is 11.3 Å². The Hall–Kier alpha value is -3.66. The van der Waals surface area contributed by atoms with Gasteiger partial charge >= 0.3 is 5.97 Å². The van der Waals surface area contributed by atoms with Crippen LogP contribution in [0.3, 0.4) is 0 Å². The van der Waals surface area contributed by atoms with Gasteiger partial charge in [-0.15, -0.1) is 0 Å². The predicted molar refractivity (Wildman–Crippen MR) is 113 cm³/mol. The summed E-state index contributed by atoms with van der Waals surface area (Å²) in [6, 6.07) is 16.1. The van der Waals surface area contributed by atoms with Gasteiger partial charge in [0, 0.05) is 17.8 Å². The highest BCUT2D eigenvalue weighted by molar-refractivity contribution is 5.98. The highest BCUT2D eigenvalue weighted by atomic mass is 16.5.